The largest absolute Gasteiger partial charge is 0.456 e. The maximum atomic E-state index is 9.22. The van der Waals surface area contributed by atoms with Gasteiger partial charge >= 0.3 is 0 Å². The van der Waals surface area contributed by atoms with Crippen LogP contribution >= 0.6 is 0 Å². The molecule has 0 unspecified atom stereocenters. The summed E-state index contributed by atoms with van der Waals surface area (Å²) in [6.07, 6.45) is 0. The molecule has 140 heavy (non-hydrogen) atoms. The second-order valence-electron chi connectivity index (χ2n) is 32.8. The summed E-state index contributed by atoms with van der Waals surface area (Å²) in [4.78, 5) is 5.40. The molecule has 24 aromatic carbocycles. The molecule has 3 aromatic heterocycles. The van der Waals surface area contributed by atoms with E-state index >= 15 is 0 Å². The van der Waals surface area contributed by atoms with Crippen molar-refractivity contribution in [2.45, 2.75) is 0 Å². The number of furan rings is 3. The topological polar surface area (TPSA) is 49.1 Å². The Balaban J connectivity index is 0.000000136. The van der Waals surface area contributed by atoms with Gasteiger partial charge in [0.05, 0.1) is 53.5 Å². The Bertz CT molecular complexity index is 11500. The van der Waals surface area contributed by atoms with Gasteiger partial charge in [0.1, 0.15) is 33.5 Å². The molecule has 0 fully saturated rings. The van der Waals surface area contributed by atoms with Crippen molar-refractivity contribution in [2.75, 3.05) is 14.7 Å². The van der Waals surface area contributed by atoms with Crippen LogP contribution in [0.5, 0.6) is 0 Å². The van der Waals surface area contributed by atoms with Gasteiger partial charge in [-0.05, 0) is 302 Å². The van der Waals surface area contributed by atoms with E-state index in [0.29, 0.717) is 84.4 Å². The molecule has 6 nitrogen and oxygen atoms in total. The summed E-state index contributed by atoms with van der Waals surface area (Å²) in [7, 11) is 0. The van der Waals surface area contributed by atoms with Crippen molar-refractivity contribution in [3.05, 3.63) is 539 Å². The zero-order valence-electron chi connectivity index (χ0n) is 112. The first-order chi connectivity index (χ1) is 85.6. The number of para-hydroxylation sites is 4. The minimum atomic E-state index is -0.662. The average molecular weight is 1830 g/mol. The van der Waals surface area contributed by atoms with Crippen LogP contribution in [0.4, 0.5) is 51.2 Å². The minimum absolute atomic E-state index is 0.0375. The van der Waals surface area contributed by atoms with E-state index in [1.165, 1.54) is 0 Å². The van der Waals surface area contributed by atoms with E-state index in [-0.39, 0.29) is 112 Å². The van der Waals surface area contributed by atoms with Gasteiger partial charge < -0.3 is 28.0 Å². The first kappa shape index (κ1) is 51.7. The number of hydrogen-bond acceptors (Lipinski definition) is 6. The van der Waals surface area contributed by atoms with Gasteiger partial charge in [-0.1, -0.05) is 369 Å². The first-order valence-corrected chi connectivity index (χ1v) is 44.5. The lowest BCUT2D eigenvalue weighted by Crippen LogP contribution is -2.10. The fourth-order valence-corrected chi connectivity index (χ4v) is 17.8. The Morgan fingerprint density at radius 3 is 0.929 bits per heavy atom. The van der Waals surface area contributed by atoms with E-state index in [2.05, 4.69) is 30.3 Å². The first-order valence-electron chi connectivity index (χ1n) is 64.0. The third kappa shape index (κ3) is 16.1. The lowest BCUT2D eigenvalue weighted by molar-refractivity contribution is 0.668. The van der Waals surface area contributed by atoms with E-state index in [1.54, 1.807) is 138 Å². The smallest absolute Gasteiger partial charge is 0.136 e. The standard InChI is InChI=1S/C56H37NO.C44H29NO.C34H23NO/c1-3-10-43-35-47(18-16-38(43)8-1)41-22-29-51(30-23-41)57(52-31-24-42(25-32-52)48-19-17-39-9-2-4-11-44(39)36-48)50-27-20-40(21-28-50)45-12-7-13-46(34-45)49-26-33-54-53-14-5-6-15-55(53)58-56(54)37-49;1-3-19-37-30(11-1)13-9-22-39(37)32-15-7-17-34(27-32)45(36-25-26-44-42(29-36)41-21-5-6-24-43(41)46-44)35-18-8-16-33(28-35)40-23-10-14-31-12-2-4-20-38(31)40;1-2-11-26(12-3-1)35(28-21-22-34-32(23-28)31-14-6-7-16-33(31)36-34)27-19-17-25(18-20-27)30-15-8-10-24-9-4-5-13-29(24)30/h1-37H;1-29H;1-23H/i1D,2D,3D,4D,8D,9D,10D,11D,16D,17D,18D,19D,35D,36D;1D,2D,3D,4D,9D,10D,11D,12D,13D,14D,19D,20D,22D,23D;4D,5D,8D,9D,10D,13D,15D,17D,18D,19D,20D. The second kappa shape index (κ2) is 36.3. The third-order valence-corrected chi connectivity index (χ3v) is 24.4. The van der Waals surface area contributed by atoms with Crippen LogP contribution in [-0.4, -0.2) is 0 Å². The third-order valence-electron chi connectivity index (χ3n) is 24.4. The van der Waals surface area contributed by atoms with Crippen LogP contribution in [0.2, 0.25) is 0 Å². The van der Waals surface area contributed by atoms with E-state index in [4.69, 9.17) is 64.0 Å². The lowest BCUT2D eigenvalue weighted by Gasteiger charge is -2.27. The number of fused-ring (bicyclic) bond motifs is 14. The number of nitrogens with zero attached hydrogens (tertiary/aromatic N) is 3. The van der Waals surface area contributed by atoms with E-state index in [1.807, 2.05) is 149 Å². The number of anilines is 9. The van der Waals surface area contributed by atoms with Gasteiger partial charge in [-0.2, -0.15) is 0 Å². The highest BCUT2D eigenvalue weighted by molar-refractivity contribution is 6.10. The van der Waals surface area contributed by atoms with Gasteiger partial charge in [0, 0.05) is 83.5 Å². The maximum Gasteiger partial charge on any atom is 0.136 e. The molecule has 6 heteroatoms. The normalized spacial score (nSPS) is 15.3. The molecule has 0 aliphatic heterocycles. The fourth-order valence-electron chi connectivity index (χ4n) is 17.8. The molecule has 0 amide bonds. The highest BCUT2D eigenvalue weighted by atomic mass is 16.3. The van der Waals surface area contributed by atoms with Crippen LogP contribution in [0.15, 0.2) is 552 Å². The zero-order chi connectivity index (χ0) is 127. The minimum Gasteiger partial charge on any atom is -0.456 e. The summed E-state index contributed by atoms with van der Waals surface area (Å²) in [5.41, 5.74) is 13.5. The second-order valence-corrected chi connectivity index (χ2v) is 32.8. The van der Waals surface area contributed by atoms with Crippen LogP contribution in [0, 0.1) is 0 Å². The number of hydrogen-bond donors (Lipinski definition) is 0. The number of rotatable bonds is 16. The Kier molecular flexibility index (Phi) is 13.4. The molecule has 658 valence electrons. The molecular weight excluding hydrogens is 1700 g/mol. The Morgan fingerprint density at radius 1 is 0.143 bits per heavy atom. The predicted molar refractivity (Wildman–Crippen MR) is 591 cm³/mol. The van der Waals surface area contributed by atoms with Gasteiger partial charge in [0.15, 0.2) is 0 Å². The highest BCUT2D eigenvalue weighted by Gasteiger charge is 2.23. The molecule has 0 radical (unpaired) electrons. The van der Waals surface area contributed by atoms with Crippen molar-refractivity contribution in [3.8, 4) is 77.9 Å². The monoisotopic (exact) mass is 1830 g/mol. The molecule has 0 saturated heterocycles. The van der Waals surface area contributed by atoms with E-state index in [0.717, 1.165) is 71.4 Å². The average Bonchev–Trinajstić information content (AvgIpc) is 1.65. The molecule has 0 spiro atoms. The van der Waals surface area contributed by atoms with E-state index < -0.39 is 217 Å². The Hall–Kier alpha value is -18.6. The molecule has 0 bridgehead atoms. The predicted octanol–water partition coefficient (Wildman–Crippen LogP) is 38.6. The molecule has 27 rings (SSSR count). The van der Waals surface area contributed by atoms with Crippen LogP contribution < -0.4 is 14.7 Å². The molecule has 0 N–H and O–H groups in total. The molecule has 0 aliphatic carbocycles. The summed E-state index contributed by atoms with van der Waals surface area (Å²) in [6, 6.07) is 73.4. The van der Waals surface area contributed by atoms with Crippen molar-refractivity contribution in [2.24, 2.45) is 0 Å². The van der Waals surface area contributed by atoms with Crippen LogP contribution in [-0.2, 0) is 0 Å². The molecule has 0 saturated carbocycles. The van der Waals surface area contributed by atoms with Crippen molar-refractivity contribution >= 4 is 171 Å². The SMILES string of the molecule is [2H]c1c([2H])c(N(c2ccccc2)c2ccc3oc4ccccc4c3c2)c([2H])c([2H])c1-c1c([2H])c([2H])c([2H])c2c([2H])c([2H])c([2H])c([2H])c12.[2H]c1c([2H])c([2H])c2c(-c3cccc(N(c4cccc(-c5c([2H])c([2H])c([2H])c6c([2H])c([2H])c([2H])c([2H])c56)c4)c4ccc5oc6ccccc6c5c4)c3)c([2H])c([2H])c([2H])c2c1[2H].[2H]c1c([2H])c([2H])c2c([2H])c(-c3ccc(N(c4ccc(-c5cccc(-c6ccc7c(c6)oc6ccccc67)c5)cc4)c4ccc(-c5c([2H])c([2H])c6c([2H])c([2H])c([2H])c([2H])c6c5[2H])cc4)cc3)c([2H])c([2H])c2c1[2H]. The van der Waals surface area contributed by atoms with Crippen LogP contribution in [0.1, 0.15) is 53.5 Å². The summed E-state index contributed by atoms with van der Waals surface area (Å²) < 4.78 is 356. The molecular formula is C134H89N3O3. The van der Waals surface area contributed by atoms with Crippen LogP contribution in [0.3, 0.4) is 0 Å². The molecule has 27 aromatic rings. The summed E-state index contributed by atoms with van der Waals surface area (Å²) in [5, 5.41) is 3.61. The van der Waals surface area contributed by atoms with Crippen molar-refractivity contribution in [1.82, 2.24) is 0 Å². The van der Waals surface area contributed by atoms with Crippen molar-refractivity contribution in [1.29, 1.82) is 0 Å². The lowest BCUT2D eigenvalue weighted by atomic mass is 9.97. The Labute approximate surface area is 865 Å². The summed E-state index contributed by atoms with van der Waals surface area (Å²) in [5.74, 6) is 0. The Morgan fingerprint density at radius 2 is 0.450 bits per heavy atom. The van der Waals surface area contributed by atoms with E-state index in [9.17, 15) is 2.74 Å². The summed E-state index contributed by atoms with van der Waals surface area (Å²) >= 11 is 0. The highest BCUT2D eigenvalue weighted by Crippen LogP contribution is 2.47. The summed E-state index contributed by atoms with van der Waals surface area (Å²) in [6.45, 7) is 0. The van der Waals surface area contributed by atoms with Gasteiger partial charge in [-0.25, -0.2) is 0 Å². The molecule has 0 atom stereocenters. The zero-order valence-corrected chi connectivity index (χ0v) is 73.4. The van der Waals surface area contributed by atoms with Crippen LogP contribution in [0.25, 0.3) is 198 Å². The molecule has 3 heterocycles. The van der Waals surface area contributed by atoms with Gasteiger partial charge in [0.25, 0.3) is 0 Å². The number of benzene rings is 24. The van der Waals surface area contributed by atoms with Gasteiger partial charge in [0.2, 0.25) is 0 Å². The molecule has 0 aliphatic rings. The van der Waals surface area contributed by atoms with Crippen molar-refractivity contribution < 1.29 is 66.7 Å². The quantitative estimate of drug-likeness (QED) is 0.0961. The van der Waals surface area contributed by atoms with Gasteiger partial charge in [-0.3, -0.25) is 0 Å². The van der Waals surface area contributed by atoms with Crippen molar-refractivity contribution in [3.63, 3.8) is 0 Å². The maximum absolute atomic E-state index is 9.22. The fraction of sp³-hybridized carbons (Fsp3) is 0. The van der Waals surface area contributed by atoms with Gasteiger partial charge in [-0.15, -0.1) is 0 Å².